The van der Waals surface area contributed by atoms with Gasteiger partial charge in [0.2, 0.25) is 0 Å². The number of nitrogens with zero attached hydrogens (tertiary/aromatic N) is 1. The minimum absolute atomic E-state index is 0.140. The van der Waals surface area contributed by atoms with Crippen LogP contribution in [0.15, 0.2) is 24.5 Å². The minimum atomic E-state index is 0.140. The molecule has 1 aromatic rings. The number of methoxy groups -OCH3 is 1. The fourth-order valence-corrected chi connectivity index (χ4v) is 2.59. The van der Waals surface area contributed by atoms with Gasteiger partial charge in [-0.2, -0.15) is 0 Å². The standard InChI is InChI=1S/C14H22N2O/c1-15-13(10-12-4-8-16-9-5-12)11-14(17-2)6-3-7-14/h4-5,8-9,13,15H,3,6-7,10-11H2,1-2H3. The SMILES string of the molecule is CNC(Cc1ccncc1)CC1(OC)CCC1. The normalized spacial score (nSPS) is 19.6. The summed E-state index contributed by atoms with van der Waals surface area (Å²) >= 11 is 0. The number of pyridine rings is 1. The zero-order chi connectivity index (χ0) is 12.1. The zero-order valence-electron chi connectivity index (χ0n) is 10.8. The molecule has 1 atom stereocenters. The van der Waals surface area contributed by atoms with E-state index in [1.54, 1.807) is 0 Å². The number of aromatic nitrogens is 1. The molecule has 0 aliphatic heterocycles. The van der Waals surface area contributed by atoms with Crippen molar-refractivity contribution in [1.29, 1.82) is 0 Å². The molecular weight excluding hydrogens is 212 g/mol. The van der Waals surface area contributed by atoms with E-state index < -0.39 is 0 Å². The number of hydrogen-bond donors (Lipinski definition) is 1. The number of rotatable bonds is 6. The minimum Gasteiger partial charge on any atom is -0.378 e. The lowest BCUT2D eigenvalue weighted by atomic mass is 9.75. The topological polar surface area (TPSA) is 34.2 Å². The first-order chi connectivity index (χ1) is 8.28. The second-order valence-electron chi connectivity index (χ2n) is 4.99. The number of hydrogen-bond acceptors (Lipinski definition) is 3. The van der Waals surface area contributed by atoms with Crippen LogP contribution in [0.3, 0.4) is 0 Å². The lowest BCUT2D eigenvalue weighted by Crippen LogP contribution is -2.45. The molecule has 1 aliphatic carbocycles. The van der Waals surface area contributed by atoms with Crippen LogP contribution in [0.1, 0.15) is 31.2 Å². The third kappa shape index (κ3) is 3.05. The van der Waals surface area contributed by atoms with Crippen molar-refractivity contribution >= 4 is 0 Å². The van der Waals surface area contributed by atoms with E-state index in [4.69, 9.17) is 4.74 Å². The van der Waals surface area contributed by atoms with E-state index in [2.05, 4.69) is 22.4 Å². The van der Waals surface area contributed by atoms with E-state index >= 15 is 0 Å². The van der Waals surface area contributed by atoms with Gasteiger partial charge in [0.15, 0.2) is 0 Å². The van der Waals surface area contributed by atoms with Crippen LogP contribution in [0.4, 0.5) is 0 Å². The smallest absolute Gasteiger partial charge is 0.0693 e. The van der Waals surface area contributed by atoms with Crippen molar-refractivity contribution in [2.45, 2.75) is 43.7 Å². The molecule has 1 saturated carbocycles. The lowest BCUT2D eigenvalue weighted by molar-refractivity contribution is -0.0830. The van der Waals surface area contributed by atoms with E-state index in [1.807, 2.05) is 26.6 Å². The summed E-state index contributed by atoms with van der Waals surface area (Å²) < 4.78 is 5.69. The first kappa shape index (κ1) is 12.5. The molecule has 17 heavy (non-hydrogen) atoms. The predicted molar refractivity (Wildman–Crippen MR) is 69.0 cm³/mol. The fourth-order valence-electron chi connectivity index (χ4n) is 2.59. The molecule has 3 nitrogen and oxygen atoms in total. The molecule has 1 aliphatic rings. The van der Waals surface area contributed by atoms with Crippen LogP contribution in [0.2, 0.25) is 0 Å². The molecule has 1 N–H and O–H groups in total. The maximum absolute atomic E-state index is 5.69. The van der Waals surface area contributed by atoms with Crippen molar-refractivity contribution in [3.63, 3.8) is 0 Å². The van der Waals surface area contributed by atoms with Gasteiger partial charge in [-0.05, 0) is 56.8 Å². The highest BCUT2D eigenvalue weighted by atomic mass is 16.5. The van der Waals surface area contributed by atoms with Crippen LogP contribution < -0.4 is 5.32 Å². The first-order valence-electron chi connectivity index (χ1n) is 6.39. The van der Waals surface area contributed by atoms with E-state index in [9.17, 15) is 0 Å². The summed E-state index contributed by atoms with van der Waals surface area (Å²) in [4.78, 5) is 4.05. The van der Waals surface area contributed by atoms with Crippen molar-refractivity contribution in [3.8, 4) is 0 Å². The first-order valence-corrected chi connectivity index (χ1v) is 6.39. The van der Waals surface area contributed by atoms with Crippen molar-refractivity contribution in [2.24, 2.45) is 0 Å². The molecule has 0 radical (unpaired) electrons. The maximum atomic E-state index is 5.69. The van der Waals surface area contributed by atoms with Crippen LogP contribution in [-0.2, 0) is 11.2 Å². The van der Waals surface area contributed by atoms with Gasteiger partial charge in [-0.3, -0.25) is 4.98 Å². The van der Waals surface area contributed by atoms with Gasteiger partial charge in [-0.1, -0.05) is 0 Å². The molecule has 1 unspecified atom stereocenters. The molecule has 3 heteroatoms. The summed E-state index contributed by atoms with van der Waals surface area (Å²) in [6, 6.07) is 4.66. The average molecular weight is 234 g/mol. The second-order valence-corrected chi connectivity index (χ2v) is 4.99. The van der Waals surface area contributed by atoms with Crippen molar-refractivity contribution in [3.05, 3.63) is 30.1 Å². The van der Waals surface area contributed by atoms with Crippen molar-refractivity contribution in [2.75, 3.05) is 14.2 Å². The quantitative estimate of drug-likeness (QED) is 0.819. The largest absolute Gasteiger partial charge is 0.378 e. The molecule has 0 spiro atoms. The van der Waals surface area contributed by atoms with E-state index in [1.165, 1.54) is 24.8 Å². The number of likely N-dealkylation sites (N-methyl/N-ethyl adjacent to an activating group) is 1. The Balaban J connectivity index is 1.93. The molecule has 0 saturated heterocycles. The number of ether oxygens (including phenoxy) is 1. The van der Waals surface area contributed by atoms with Gasteiger partial charge >= 0.3 is 0 Å². The van der Waals surface area contributed by atoms with Crippen molar-refractivity contribution in [1.82, 2.24) is 10.3 Å². The van der Waals surface area contributed by atoms with Crippen LogP contribution in [-0.4, -0.2) is 30.8 Å². The summed E-state index contributed by atoms with van der Waals surface area (Å²) in [5.74, 6) is 0. The highest BCUT2D eigenvalue weighted by Crippen LogP contribution is 2.39. The second kappa shape index (κ2) is 5.61. The Morgan fingerprint density at radius 1 is 1.41 bits per heavy atom. The molecule has 0 bridgehead atoms. The third-order valence-corrected chi connectivity index (χ3v) is 3.96. The Bertz CT molecular complexity index is 330. The van der Waals surface area contributed by atoms with Crippen molar-refractivity contribution < 1.29 is 4.74 Å². The zero-order valence-corrected chi connectivity index (χ0v) is 10.8. The van der Waals surface area contributed by atoms with Crippen LogP contribution in [0, 0.1) is 0 Å². The predicted octanol–water partition coefficient (Wildman–Crippen LogP) is 2.17. The molecule has 1 heterocycles. The Morgan fingerprint density at radius 3 is 2.59 bits per heavy atom. The summed E-state index contributed by atoms with van der Waals surface area (Å²) in [6.45, 7) is 0. The molecule has 1 fully saturated rings. The maximum Gasteiger partial charge on any atom is 0.0693 e. The molecule has 0 amide bonds. The van der Waals surface area contributed by atoms with Gasteiger partial charge in [0, 0.05) is 25.5 Å². The molecule has 94 valence electrons. The Labute approximate surface area is 104 Å². The van der Waals surface area contributed by atoms with Crippen LogP contribution in [0.5, 0.6) is 0 Å². The van der Waals surface area contributed by atoms with Gasteiger partial charge in [0.05, 0.1) is 5.60 Å². The van der Waals surface area contributed by atoms with Gasteiger partial charge in [-0.15, -0.1) is 0 Å². The molecule has 1 aromatic heterocycles. The fraction of sp³-hybridized carbons (Fsp3) is 0.643. The van der Waals surface area contributed by atoms with Gasteiger partial charge < -0.3 is 10.1 Å². The van der Waals surface area contributed by atoms with Gasteiger partial charge in [-0.25, -0.2) is 0 Å². The summed E-state index contributed by atoms with van der Waals surface area (Å²) in [5.41, 5.74) is 1.48. The van der Waals surface area contributed by atoms with E-state index in [0.717, 1.165) is 12.8 Å². The third-order valence-electron chi connectivity index (χ3n) is 3.96. The summed E-state index contributed by atoms with van der Waals surface area (Å²) in [6.07, 6.45) is 9.58. The molecular formula is C14H22N2O. The lowest BCUT2D eigenvalue weighted by Gasteiger charge is -2.42. The van der Waals surface area contributed by atoms with Gasteiger partial charge in [0.1, 0.15) is 0 Å². The Kier molecular flexibility index (Phi) is 4.13. The Hall–Kier alpha value is -0.930. The monoisotopic (exact) mass is 234 g/mol. The highest BCUT2D eigenvalue weighted by Gasteiger charge is 2.38. The summed E-state index contributed by atoms with van der Waals surface area (Å²) in [5, 5.41) is 3.41. The summed E-state index contributed by atoms with van der Waals surface area (Å²) in [7, 11) is 3.88. The van der Waals surface area contributed by atoms with Gasteiger partial charge in [0.25, 0.3) is 0 Å². The highest BCUT2D eigenvalue weighted by molar-refractivity contribution is 5.12. The Morgan fingerprint density at radius 2 is 2.12 bits per heavy atom. The van der Waals surface area contributed by atoms with Crippen LogP contribution in [0.25, 0.3) is 0 Å². The van der Waals surface area contributed by atoms with Crippen LogP contribution >= 0.6 is 0 Å². The van der Waals surface area contributed by atoms with E-state index in [-0.39, 0.29) is 5.60 Å². The molecule has 0 aromatic carbocycles. The average Bonchev–Trinajstić information content (AvgIpc) is 2.33. The molecule has 2 rings (SSSR count). The van der Waals surface area contributed by atoms with E-state index in [0.29, 0.717) is 6.04 Å². The number of nitrogens with one attached hydrogen (secondary N) is 1.